The highest BCUT2D eigenvalue weighted by molar-refractivity contribution is 5.34. The van der Waals surface area contributed by atoms with Crippen molar-refractivity contribution in [2.24, 2.45) is 5.84 Å². The van der Waals surface area contributed by atoms with Crippen LogP contribution in [0.1, 0.15) is 13.8 Å². The summed E-state index contributed by atoms with van der Waals surface area (Å²) in [4.78, 5) is 11.9. The first-order valence-electron chi connectivity index (χ1n) is 4.89. The fraction of sp³-hybridized carbons (Fsp3) is 0.625. The molecule has 1 aromatic rings. The van der Waals surface area contributed by atoms with Gasteiger partial charge in [-0.05, 0) is 13.8 Å². The molecule has 0 aliphatic heterocycles. The normalized spacial score (nSPS) is 10.3. The van der Waals surface area contributed by atoms with Gasteiger partial charge in [0.2, 0.25) is 11.9 Å². The van der Waals surface area contributed by atoms with Crippen LogP contribution in [0.4, 0.5) is 11.9 Å². The van der Waals surface area contributed by atoms with Crippen LogP contribution in [-0.2, 0) is 0 Å². The van der Waals surface area contributed by atoms with Crippen LogP contribution in [0.2, 0.25) is 0 Å². The third-order valence-corrected chi connectivity index (χ3v) is 1.48. The van der Waals surface area contributed by atoms with Gasteiger partial charge in [0.1, 0.15) is 0 Å². The van der Waals surface area contributed by atoms with Gasteiger partial charge < -0.3 is 15.2 Å². The van der Waals surface area contributed by atoms with Crippen LogP contribution in [0.3, 0.4) is 0 Å². The van der Waals surface area contributed by atoms with Gasteiger partial charge >= 0.3 is 6.01 Å². The monoisotopic (exact) mass is 228 g/mol. The number of nitrogens with one attached hydrogen (secondary N) is 2. The lowest BCUT2D eigenvalue weighted by Crippen LogP contribution is -2.17. The molecule has 5 N–H and O–H groups in total. The Hall–Kier alpha value is -1.67. The van der Waals surface area contributed by atoms with Crippen LogP contribution in [0.15, 0.2) is 0 Å². The quantitative estimate of drug-likeness (QED) is 0.374. The molecule has 1 rings (SSSR count). The molecule has 90 valence electrons. The van der Waals surface area contributed by atoms with Gasteiger partial charge in [0.05, 0.1) is 12.7 Å². The summed E-state index contributed by atoms with van der Waals surface area (Å²) in [6.07, 6.45) is -0.0429. The number of hydrazine groups is 1. The molecule has 0 amide bonds. The van der Waals surface area contributed by atoms with Crippen molar-refractivity contribution in [2.45, 2.75) is 20.0 Å². The zero-order valence-electron chi connectivity index (χ0n) is 9.27. The Morgan fingerprint density at radius 3 is 2.56 bits per heavy atom. The van der Waals surface area contributed by atoms with Crippen molar-refractivity contribution in [2.75, 3.05) is 23.9 Å². The van der Waals surface area contributed by atoms with E-state index in [4.69, 9.17) is 15.7 Å². The van der Waals surface area contributed by atoms with Gasteiger partial charge in [-0.15, -0.1) is 0 Å². The summed E-state index contributed by atoms with van der Waals surface area (Å²) in [6.45, 7) is 4.05. The molecule has 0 unspecified atom stereocenters. The van der Waals surface area contributed by atoms with Crippen LogP contribution in [-0.4, -0.2) is 39.3 Å². The van der Waals surface area contributed by atoms with E-state index in [1.54, 1.807) is 0 Å². The number of hydrogen-bond acceptors (Lipinski definition) is 8. The first-order valence-corrected chi connectivity index (χ1v) is 4.89. The van der Waals surface area contributed by atoms with E-state index in [9.17, 15) is 0 Å². The molecule has 0 radical (unpaired) electrons. The minimum absolute atomic E-state index is 0.0164. The van der Waals surface area contributed by atoms with E-state index in [-0.39, 0.29) is 24.7 Å². The summed E-state index contributed by atoms with van der Waals surface area (Å²) in [5.74, 6) is 5.71. The summed E-state index contributed by atoms with van der Waals surface area (Å²) in [5.41, 5.74) is 2.31. The fourth-order valence-electron chi connectivity index (χ4n) is 0.931. The number of nitrogens with two attached hydrogens (primary N) is 1. The number of nitrogens with zero attached hydrogens (tertiary/aromatic N) is 3. The highest BCUT2D eigenvalue weighted by atomic mass is 16.5. The van der Waals surface area contributed by atoms with E-state index >= 15 is 0 Å². The van der Waals surface area contributed by atoms with E-state index in [0.29, 0.717) is 12.5 Å². The summed E-state index contributed by atoms with van der Waals surface area (Å²) in [6, 6.07) is 0.179. The highest BCUT2D eigenvalue weighted by Gasteiger charge is 2.07. The Kier molecular flexibility index (Phi) is 4.67. The van der Waals surface area contributed by atoms with Crippen molar-refractivity contribution >= 4 is 11.9 Å². The lowest BCUT2D eigenvalue weighted by molar-refractivity contribution is 0.222. The molecule has 0 saturated carbocycles. The zero-order chi connectivity index (χ0) is 12.0. The van der Waals surface area contributed by atoms with Crippen LogP contribution in [0.5, 0.6) is 6.01 Å². The Bertz CT molecular complexity index is 332. The minimum Gasteiger partial charge on any atom is -0.461 e. The van der Waals surface area contributed by atoms with E-state index in [1.807, 2.05) is 13.8 Å². The number of aliphatic hydroxyl groups excluding tert-OH is 1. The van der Waals surface area contributed by atoms with Crippen molar-refractivity contribution in [3.8, 4) is 6.01 Å². The number of nitrogen functional groups attached to an aromatic ring is 1. The molecule has 0 saturated heterocycles. The van der Waals surface area contributed by atoms with Crippen LogP contribution in [0.25, 0.3) is 0 Å². The first kappa shape index (κ1) is 12.4. The topological polar surface area (TPSA) is 118 Å². The average molecular weight is 228 g/mol. The van der Waals surface area contributed by atoms with Crippen molar-refractivity contribution in [3.63, 3.8) is 0 Å². The van der Waals surface area contributed by atoms with Gasteiger partial charge in [-0.2, -0.15) is 15.0 Å². The molecular formula is C8H16N6O2. The molecule has 0 aliphatic carbocycles. The second kappa shape index (κ2) is 6.03. The third-order valence-electron chi connectivity index (χ3n) is 1.48. The van der Waals surface area contributed by atoms with Crippen LogP contribution in [0, 0.1) is 0 Å². The van der Waals surface area contributed by atoms with E-state index in [0.717, 1.165) is 0 Å². The number of rotatable bonds is 6. The van der Waals surface area contributed by atoms with Gasteiger partial charge in [-0.1, -0.05) is 0 Å². The molecule has 1 aromatic heterocycles. The molecule has 0 atom stereocenters. The summed E-state index contributed by atoms with van der Waals surface area (Å²) < 4.78 is 5.32. The Morgan fingerprint density at radius 1 is 1.31 bits per heavy atom. The maximum absolute atomic E-state index is 8.66. The van der Waals surface area contributed by atoms with Crippen LogP contribution < -0.4 is 21.3 Å². The molecule has 8 nitrogen and oxygen atoms in total. The van der Waals surface area contributed by atoms with E-state index in [1.165, 1.54) is 0 Å². The molecule has 0 bridgehead atoms. The molecule has 8 heteroatoms. The van der Waals surface area contributed by atoms with Crippen molar-refractivity contribution in [3.05, 3.63) is 0 Å². The largest absolute Gasteiger partial charge is 0.461 e. The SMILES string of the molecule is CC(C)Oc1nc(NN)nc(NCCO)n1. The predicted molar refractivity (Wildman–Crippen MR) is 59.0 cm³/mol. The molecule has 0 aliphatic rings. The second-order valence-corrected chi connectivity index (χ2v) is 3.23. The number of hydrogen-bond donors (Lipinski definition) is 4. The number of anilines is 2. The van der Waals surface area contributed by atoms with Gasteiger partial charge in [-0.3, -0.25) is 5.43 Å². The van der Waals surface area contributed by atoms with Crippen molar-refractivity contribution in [1.82, 2.24) is 15.0 Å². The maximum atomic E-state index is 8.66. The molecule has 16 heavy (non-hydrogen) atoms. The summed E-state index contributed by atoms with van der Waals surface area (Å²) >= 11 is 0. The Labute approximate surface area is 93.2 Å². The smallest absolute Gasteiger partial charge is 0.323 e. The van der Waals surface area contributed by atoms with Crippen LogP contribution >= 0.6 is 0 Å². The third kappa shape index (κ3) is 3.83. The summed E-state index contributed by atoms with van der Waals surface area (Å²) in [5, 5.41) is 11.5. The van der Waals surface area contributed by atoms with Crippen molar-refractivity contribution in [1.29, 1.82) is 0 Å². The van der Waals surface area contributed by atoms with Gasteiger partial charge in [-0.25, -0.2) is 5.84 Å². The lowest BCUT2D eigenvalue weighted by Gasteiger charge is -2.10. The molecule has 0 fully saturated rings. The number of aromatic nitrogens is 3. The zero-order valence-corrected chi connectivity index (χ0v) is 9.27. The fourth-order valence-corrected chi connectivity index (χ4v) is 0.931. The molecule has 0 aromatic carbocycles. The average Bonchev–Trinajstić information content (AvgIpc) is 2.25. The minimum atomic E-state index is -0.0429. The molecule has 0 spiro atoms. The van der Waals surface area contributed by atoms with Gasteiger partial charge in [0.25, 0.3) is 0 Å². The Balaban J connectivity index is 2.82. The number of aliphatic hydroxyl groups is 1. The molecule has 1 heterocycles. The van der Waals surface area contributed by atoms with E-state index < -0.39 is 0 Å². The second-order valence-electron chi connectivity index (χ2n) is 3.23. The summed E-state index contributed by atoms with van der Waals surface area (Å²) in [7, 11) is 0. The standard InChI is InChI=1S/C8H16N6O2/c1-5(2)16-8-12-6(10-3-4-15)11-7(13-8)14-9/h5,15H,3-4,9H2,1-2H3,(H2,10,11,12,13,14). The number of ether oxygens (including phenoxy) is 1. The lowest BCUT2D eigenvalue weighted by atomic mass is 10.5. The molecular weight excluding hydrogens is 212 g/mol. The van der Waals surface area contributed by atoms with Gasteiger partial charge in [0, 0.05) is 6.54 Å². The van der Waals surface area contributed by atoms with Crippen molar-refractivity contribution < 1.29 is 9.84 Å². The highest BCUT2D eigenvalue weighted by Crippen LogP contribution is 2.11. The van der Waals surface area contributed by atoms with Gasteiger partial charge in [0.15, 0.2) is 0 Å². The maximum Gasteiger partial charge on any atom is 0.323 e. The van der Waals surface area contributed by atoms with E-state index in [2.05, 4.69) is 25.7 Å². The first-order chi connectivity index (χ1) is 7.65. The predicted octanol–water partition coefficient (Wildman–Crippen LogP) is -0.651. The Morgan fingerprint density at radius 2 is 2.00 bits per heavy atom.